The third-order valence-corrected chi connectivity index (χ3v) is 5.83. The van der Waals surface area contributed by atoms with E-state index in [9.17, 15) is 4.79 Å². The largest absolute Gasteiger partial charge is 0.493 e. The van der Waals surface area contributed by atoms with Gasteiger partial charge in [0, 0.05) is 43.2 Å². The summed E-state index contributed by atoms with van der Waals surface area (Å²) in [5.74, 6) is 0.772. The van der Waals surface area contributed by atoms with Crippen LogP contribution in [0.15, 0.2) is 59.7 Å². The number of nitrogen functional groups attached to an aromatic ring is 1. The van der Waals surface area contributed by atoms with Gasteiger partial charge in [-0.05, 0) is 48.0 Å². The van der Waals surface area contributed by atoms with Crippen LogP contribution < -0.4 is 26.2 Å². The average molecular weight is 549 g/mol. The summed E-state index contributed by atoms with van der Waals surface area (Å²) >= 11 is 0. The van der Waals surface area contributed by atoms with E-state index in [0.29, 0.717) is 29.5 Å². The van der Waals surface area contributed by atoms with Crippen LogP contribution in [0.2, 0.25) is 0 Å². The molecule has 1 aliphatic heterocycles. The lowest BCUT2D eigenvalue weighted by atomic mass is 9.99. The fourth-order valence-electron chi connectivity index (χ4n) is 4.03. The molecule has 1 aliphatic rings. The number of nitrogens with zero attached hydrogens (tertiary/aromatic N) is 4. The molecule has 40 heavy (non-hydrogen) atoms. The maximum absolute atomic E-state index is 12.8. The number of aliphatic carboxylic acids is 1. The molecule has 14 nitrogen and oxygen atoms in total. The Kier molecular flexibility index (Phi) is 8.39. The van der Waals surface area contributed by atoms with Gasteiger partial charge >= 0.3 is 5.69 Å². The Morgan fingerprint density at radius 1 is 1.25 bits per heavy atom. The van der Waals surface area contributed by atoms with Crippen LogP contribution in [0.5, 0.6) is 11.5 Å². The van der Waals surface area contributed by atoms with E-state index in [1.807, 2.05) is 12.1 Å². The molecule has 2 aromatic carbocycles. The van der Waals surface area contributed by atoms with Crippen molar-refractivity contribution >= 4 is 17.5 Å². The molecule has 0 saturated heterocycles. The zero-order valence-corrected chi connectivity index (χ0v) is 21.9. The third kappa shape index (κ3) is 6.07. The molecule has 0 radical (unpaired) electrons. The molecule has 14 heteroatoms. The highest BCUT2D eigenvalue weighted by Gasteiger charge is 2.31. The Morgan fingerprint density at radius 2 is 1.93 bits per heavy atom. The quantitative estimate of drug-likeness (QED) is 0.159. The summed E-state index contributed by atoms with van der Waals surface area (Å²) < 4.78 is 18.1. The normalized spacial score (nSPS) is 14.2. The maximum Gasteiger partial charge on any atom is 0.350 e. The minimum Gasteiger partial charge on any atom is -0.493 e. The molecule has 0 saturated carbocycles. The topological polar surface area (TPSA) is 203 Å². The number of nitrogens with two attached hydrogens (primary N) is 1. The van der Waals surface area contributed by atoms with E-state index < -0.39 is 17.7 Å². The Bertz CT molecular complexity index is 1550. The number of methoxy groups -OCH3 is 2. The summed E-state index contributed by atoms with van der Waals surface area (Å²) in [5, 5.41) is 22.9. The molecule has 4 aromatic rings. The van der Waals surface area contributed by atoms with Gasteiger partial charge in [0.1, 0.15) is 24.6 Å². The first-order valence-electron chi connectivity index (χ1n) is 12.0. The molecule has 2 aromatic heterocycles. The van der Waals surface area contributed by atoms with Crippen LogP contribution in [0.1, 0.15) is 41.6 Å². The standard InChI is InChI=1S/C24H24N8O4.C2H4O2/c1-34-17-11-14(10-16-18(35-2)12-36-20(16)17)19(29-15-6-4-13(5-7-15)21(25)26)22-30-24(33)32(31-22)23-27-8-3-9-28-23;1-2(3)4/h3-11,18-19,29H,12H2,1-2H3,(H3,25,26)(H,30,31,33);1H3,(H,3,4). The van der Waals surface area contributed by atoms with Gasteiger partial charge in [0.2, 0.25) is 0 Å². The van der Waals surface area contributed by atoms with Crippen molar-refractivity contribution in [2.24, 2.45) is 5.73 Å². The fourth-order valence-corrected chi connectivity index (χ4v) is 4.03. The number of nitrogens with one attached hydrogen (secondary N) is 3. The molecule has 2 unspecified atom stereocenters. The molecule has 6 N–H and O–H groups in total. The van der Waals surface area contributed by atoms with E-state index in [1.165, 1.54) is 12.4 Å². The van der Waals surface area contributed by atoms with Gasteiger partial charge in [0.05, 0.1) is 7.11 Å². The summed E-state index contributed by atoms with van der Waals surface area (Å²) in [7, 11) is 3.18. The number of fused-ring (bicyclic) bond motifs is 1. The zero-order valence-electron chi connectivity index (χ0n) is 21.9. The van der Waals surface area contributed by atoms with Crippen LogP contribution in [-0.4, -0.2) is 62.5 Å². The van der Waals surface area contributed by atoms with Crippen LogP contribution in [0.3, 0.4) is 0 Å². The highest BCUT2D eigenvalue weighted by atomic mass is 16.6. The number of hydrogen-bond acceptors (Lipinski definition) is 10. The molecule has 5 rings (SSSR count). The van der Waals surface area contributed by atoms with Gasteiger partial charge in [0.15, 0.2) is 17.3 Å². The van der Waals surface area contributed by atoms with Crippen molar-refractivity contribution in [1.29, 1.82) is 5.41 Å². The van der Waals surface area contributed by atoms with Crippen LogP contribution in [0.25, 0.3) is 5.95 Å². The maximum atomic E-state index is 12.8. The minimum atomic E-state index is -0.833. The van der Waals surface area contributed by atoms with Gasteiger partial charge < -0.3 is 30.4 Å². The minimum absolute atomic E-state index is 0.0296. The number of aromatic amines is 1. The molecule has 0 aliphatic carbocycles. The van der Waals surface area contributed by atoms with E-state index in [-0.39, 0.29) is 17.9 Å². The summed E-state index contributed by atoms with van der Waals surface area (Å²) in [6.07, 6.45) is 2.80. The number of carboxylic acid groups (broad SMARTS) is 1. The van der Waals surface area contributed by atoms with E-state index in [1.54, 1.807) is 44.6 Å². The predicted molar refractivity (Wildman–Crippen MR) is 144 cm³/mol. The van der Waals surface area contributed by atoms with E-state index in [4.69, 9.17) is 35.3 Å². The van der Waals surface area contributed by atoms with E-state index in [0.717, 1.165) is 28.4 Å². The number of benzene rings is 2. The number of hydrogen-bond donors (Lipinski definition) is 5. The lowest BCUT2D eigenvalue weighted by Crippen LogP contribution is -2.18. The number of carboxylic acids is 1. The van der Waals surface area contributed by atoms with Crippen LogP contribution >= 0.6 is 0 Å². The SMILES string of the molecule is CC(=O)O.COc1cc(C(Nc2ccc(C(=N)N)cc2)c2nn(-c3ncccn3)c(=O)[nH]2)cc2c1OCC2OC. The summed E-state index contributed by atoms with van der Waals surface area (Å²) in [6, 6.07) is 11.9. The van der Waals surface area contributed by atoms with Crippen molar-refractivity contribution in [3.8, 4) is 17.4 Å². The lowest BCUT2D eigenvalue weighted by molar-refractivity contribution is -0.134. The molecular formula is C26H28N8O6. The van der Waals surface area contributed by atoms with Gasteiger partial charge in [-0.1, -0.05) is 0 Å². The van der Waals surface area contributed by atoms with Gasteiger partial charge in [-0.2, -0.15) is 0 Å². The summed E-state index contributed by atoms with van der Waals surface area (Å²) in [6.45, 7) is 1.45. The van der Waals surface area contributed by atoms with Gasteiger partial charge in [-0.15, -0.1) is 9.78 Å². The van der Waals surface area contributed by atoms with Gasteiger partial charge in [-0.3, -0.25) is 15.2 Å². The first-order valence-corrected chi connectivity index (χ1v) is 12.0. The van der Waals surface area contributed by atoms with E-state index >= 15 is 0 Å². The number of anilines is 1. The van der Waals surface area contributed by atoms with Gasteiger partial charge in [-0.25, -0.2) is 14.8 Å². The Hall–Kier alpha value is -5.24. The third-order valence-electron chi connectivity index (χ3n) is 5.83. The van der Waals surface area contributed by atoms with Crippen LogP contribution in [-0.2, 0) is 9.53 Å². The molecule has 2 atom stereocenters. The molecule has 3 heterocycles. The number of rotatable bonds is 8. The Labute approximate surface area is 228 Å². The second kappa shape index (κ2) is 12.1. The second-order valence-electron chi connectivity index (χ2n) is 8.54. The van der Waals surface area contributed by atoms with Crippen LogP contribution in [0.4, 0.5) is 5.69 Å². The summed E-state index contributed by atoms with van der Waals surface area (Å²) in [5.41, 5.74) is 8.00. The van der Waals surface area contributed by atoms with Crippen molar-refractivity contribution < 1.29 is 24.1 Å². The molecule has 0 amide bonds. The number of aromatic nitrogens is 5. The molecule has 208 valence electrons. The van der Waals surface area contributed by atoms with Crippen molar-refractivity contribution in [3.05, 3.63) is 87.9 Å². The predicted octanol–water partition coefficient (Wildman–Crippen LogP) is 2.02. The highest BCUT2D eigenvalue weighted by Crippen LogP contribution is 2.44. The number of H-pyrrole nitrogens is 1. The first-order chi connectivity index (χ1) is 19.2. The highest BCUT2D eigenvalue weighted by molar-refractivity contribution is 5.95. The average Bonchev–Trinajstić information content (AvgIpc) is 3.54. The van der Waals surface area contributed by atoms with Crippen molar-refractivity contribution in [2.45, 2.75) is 19.1 Å². The smallest absolute Gasteiger partial charge is 0.350 e. The van der Waals surface area contributed by atoms with Crippen LogP contribution in [0, 0.1) is 5.41 Å². The number of ether oxygens (including phenoxy) is 3. The van der Waals surface area contributed by atoms with Crippen molar-refractivity contribution in [3.63, 3.8) is 0 Å². The Balaban J connectivity index is 0.000000867. The first kappa shape index (κ1) is 27.8. The van der Waals surface area contributed by atoms with Crippen molar-refractivity contribution in [2.75, 3.05) is 26.1 Å². The number of carbonyl (C=O) groups is 1. The number of amidine groups is 1. The van der Waals surface area contributed by atoms with Crippen molar-refractivity contribution in [1.82, 2.24) is 24.7 Å². The fraction of sp³-hybridized carbons (Fsp3) is 0.231. The monoisotopic (exact) mass is 548 g/mol. The molecular weight excluding hydrogens is 520 g/mol. The van der Waals surface area contributed by atoms with Gasteiger partial charge in [0.25, 0.3) is 11.9 Å². The van der Waals surface area contributed by atoms with E-state index in [2.05, 4.69) is 25.4 Å². The lowest BCUT2D eigenvalue weighted by Gasteiger charge is -2.20. The summed E-state index contributed by atoms with van der Waals surface area (Å²) in [4.78, 5) is 32.9. The second-order valence-corrected chi connectivity index (χ2v) is 8.54. The molecule has 0 bridgehead atoms. The molecule has 0 fully saturated rings. The Morgan fingerprint density at radius 3 is 2.52 bits per heavy atom. The zero-order chi connectivity index (χ0) is 28.8. The molecule has 0 spiro atoms.